The summed E-state index contributed by atoms with van der Waals surface area (Å²) in [6.45, 7) is 2.04. The maximum absolute atomic E-state index is 12.9. The lowest BCUT2D eigenvalue weighted by atomic mass is 10.1. The Kier molecular flexibility index (Phi) is 4.10. The highest BCUT2D eigenvalue weighted by atomic mass is 32.1. The van der Waals surface area contributed by atoms with Gasteiger partial charge in [-0.1, -0.05) is 6.07 Å². The fourth-order valence-electron chi connectivity index (χ4n) is 1.63. The zero-order chi connectivity index (χ0) is 13.0. The van der Waals surface area contributed by atoms with Gasteiger partial charge >= 0.3 is 5.97 Å². The minimum Gasteiger partial charge on any atom is -0.462 e. The van der Waals surface area contributed by atoms with E-state index in [1.807, 2.05) is 17.5 Å². The topological polar surface area (TPSA) is 26.3 Å². The highest BCUT2D eigenvalue weighted by Gasteiger charge is 2.10. The van der Waals surface area contributed by atoms with Gasteiger partial charge in [0.15, 0.2) is 0 Å². The molecule has 4 heteroatoms. The molecule has 0 bridgehead atoms. The Morgan fingerprint density at radius 3 is 2.89 bits per heavy atom. The lowest BCUT2D eigenvalue weighted by molar-refractivity contribution is 0.0509. The van der Waals surface area contributed by atoms with Gasteiger partial charge in [0.2, 0.25) is 0 Å². The van der Waals surface area contributed by atoms with Gasteiger partial charge in [0.25, 0.3) is 0 Å². The molecule has 94 valence electrons. The molecular weight excluding hydrogens is 251 g/mol. The number of halogens is 1. The number of thiophene rings is 1. The molecule has 0 aliphatic heterocycles. The fourth-order valence-corrected chi connectivity index (χ4v) is 2.32. The molecule has 1 aromatic heterocycles. The molecule has 0 saturated heterocycles. The molecule has 0 spiro atoms. The van der Waals surface area contributed by atoms with E-state index >= 15 is 0 Å². The Hall–Kier alpha value is -1.68. The predicted molar refractivity (Wildman–Crippen MR) is 69.4 cm³/mol. The van der Waals surface area contributed by atoms with Crippen LogP contribution in [0, 0.1) is 12.7 Å². The molecule has 1 heterocycles. The van der Waals surface area contributed by atoms with Crippen molar-refractivity contribution in [3.63, 3.8) is 0 Å². The summed E-state index contributed by atoms with van der Waals surface area (Å²) < 4.78 is 18.1. The molecule has 0 unspecified atom stereocenters. The predicted octanol–water partition coefficient (Wildman–Crippen LogP) is 3.60. The second-order valence-corrected chi connectivity index (χ2v) is 4.96. The molecule has 0 amide bonds. The van der Waals surface area contributed by atoms with E-state index in [-0.39, 0.29) is 5.82 Å². The van der Waals surface area contributed by atoms with Crippen LogP contribution in [0.15, 0.2) is 35.7 Å². The van der Waals surface area contributed by atoms with Crippen molar-refractivity contribution in [2.45, 2.75) is 13.3 Å². The third-order valence-electron chi connectivity index (χ3n) is 2.57. The summed E-state index contributed by atoms with van der Waals surface area (Å²) in [5, 5.41) is 1.99. The molecule has 0 N–H and O–H groups in total. The maximum Gasteiger partial charge on any atom is 0.338 e. The maximum atomic E-state index is 12.9. The molecule has 0 aliphatic rings. The molecule has 0 fully saturated rings. The summed E-state index contributed by atoms with van der Waals surface area (Å²) in [4.78, 5) is 12.9. The molecule has 2 nitrogen and oxygen atoms in total. The Morgan fingerprint density at radius 1 is 1.39 bits per heavy atom. The molecule has 0 atom stereocenters. The van der Waals surface area contributed by atoms with Crippen molar-refractivity contribution in [1.29, 1.82) is 0 Å². The minimum atomic E-state index is -0.399. The molecular formula is C14H13FO2S. The average Bonchev–Trinajstić information content (AvgIpc) is 2.81. The number of carbonyl (C=O) groups excluding carboxylic acids is 1. The van der Waals surface area contributed by atoms with Crippen LogP contribution in [0.3, 0.4) is 0 Å². The fraction of sp³-hybridized carbons (Fsp3) is 0.214. The monoisotopic (exact) mass is 264 g/mol. The molecule has 0 saturated carbocycles. The smallest absolute Gasteiger partial charge is 0.338 e. The van der Waals surface area contributed by atoms with Crippen molar-refractivity contribution < 1.29 is 13.9 Å². The summed E-state index contributed by atoms with van der Waals surface area (Å²) in [5.74, 6) is -0.744. The van der Waals surface area contributed by atoms with Gasteiger partial charge in [0.1, 0.15) is 5.82 Å². The molecule has 2 aromatic rings. The van der Waals surface area contributed by atoms with Gasteiger partial charge < -0.3 is 4.74 Å². The van der Waals surface area contributed by atoms with E-state index in [9.17, 15) is 9.18 Å². The van der Waals surface area contributed by atoms with Gasteiger partial charge in [0, 0.05) is 11.3 Å². The van der Waals surface area contributed by atoms with Crippen LogP contribution in [0.1, 0.15) is 20.8 Å². The van der Waals surface area contributed by atoms with E-state index < -0.39 is 5.97 Å². The number of esters is 1. The van der Waals surface area contributed by atoms with E-state index in [0.29, 0.717) is 24.2 Å². The SMILES string of the molecule is Cc1cc(F)ccc1C(=O)OCCc1cccs1. The van der Waals surface area contributed by atoms with Crippen LogP contribution in [0.25, 0.3) is 0 Å². The van der Waals surface area contributed by atoms with Crippen LogP contribution < -0.4 is 0 Å². The quantitative estimate of drug-likeness (QED) is 0.789. The number of hydrogen-bond acceptors (Lipinski definition) is 3. The van der Waals surface area contributed by atoms with E-state index in [4.69, 9.17) is 4.74 Å². The van der Waals surface area contributed by atoms with Gasteiger partial charge in [-0.2, -0.15) is 0 Å². The third-order valence-corrected chi connectivity index (χ3v) is 3.51. The van der Waals surface area contributed by atoms with Crippen LogP contribution in [0.2, 0.25) is 0 Å². The van der Waals surface area contributed by atoms with E-state index in [0.717, 1.165) is 0 Å². The summed E-state index contributed by atoms with van der Waals surface area (Å²) in [5.41, 5.74) is 1.01. The van der Waals surface area contributed by atoms with E-state index in [1.165, 1.54) is 23.1 Å². The third kappa shape index (κ3) is 3.17. The standard InChI is InChI=1S/C14H13FO2S/c1-10-9-11(15)4-5-13(10)14(16)17-7-6-12-3-2-8-18-12/h2-5,8-9H,6-7H2,1H3. The van der Waals surface area contributed by atoms with Gasteiger partial charge in [-0.3, -0.25) is 0 Å². The Labute approximate surface area is 109 Å². The second-order valence-electron chi connectivity index (χ2n) is 3.92. The molecule has 0 aliphatic carbocycles. The number of carbonyl (C=O) groups is 1. The average molecular weight is 264 g/mol. The number of rotatable bonds is 4. The molecule has 0 radical (unpaired) electrons. The van der Waals surface area contributed by atoms with Gasteiger partial charge in [-0.05, 0) is 42.1 Å². The largest absolute Gasteiger partial charge is 0.462 e. The Morgan fingerprint density at radius 2 is 2.22 bits per heavy atom. The van der Waals surface area contributed by atoms with Crippen molar-refractivity contribution in [3.05, 3.63) is 57.5 Å². The Balaban J connectivity index is 1.91. The normalized spacial score (nSPS) is 10.3. The molecule has 18 heavy (non-hydrogen) atoms. The van der Waals surface area contributed by atoms with Crippen molar-refractivity contribution in [3.8, 4) is 0 Å². The van der Waals surface area contributed by atoms with E-state index in [1.54, 1.807) is 18.3 Å². The minimum absolute atomic E-state index is 0.343. The highest BCUT2D eigenvalue weighted by molar-refractivity contribution is 7.09. The first kappa shape index (κ1) is 12.8. The van der Waals surface area contributed by atoms with Crippen LogP contribution in [-0.4, -0.2) is 12.6 Å². The van der Waals surface area contributed by atoms with Crippen molar-refractivity contribution in [1.82, 2.24) is 0 Å². The van der Waals surface area contributed by atoms with E-state index in [2.05, 4.69) is 0 Å². The second kappa shape index (κ2) is 5.78. The first-order valence-corrected chi connectivity index (χ1v) is 6.50. The van der Waals surface area contributed by atoms with Crippen molar-refractivity contribution in [2.24, 2.45) is 0 Å². The van der Waals surface area contributed by atoms with Crippen LogP contribution in [-0.2, 0) is 11.2 Å². The summed E-state index contributed by atoms with van der Waals surface area (Å²) >= 11 is 1.63. The number of benzene rings is 1. The van der Waals surface area contributed by atoms with Crippen LogP contribution in [0.5, 0.6) is 0 Å². The van der Waals surface area contributed by atoms with Crippen molar-refractivity contribution in [2.75, 3.05) is 6.61 Å². The number of hydrogen-bond donors (Lipinski definition) is 0. The van der Waals surface area contributed by atoms with Gasteiger partial charge in [-0.15, -0.1) is 11.3 Å². The number of aryl methyl sites for hydroxylation is 1. The first-order valence-electron chi connectivity index (χ1n) is 5.62. The van der Waals surface area contributed by atoms with Crippen LogP contribution >= 0.6 is 11.3 Å². The summed E-state index contributed by atoms with van der Waals surface area (Å²) in [6, 6.07) is 8.02. The van der Waals surface area contributed by atoms with Crippen molar-refractivity contribution >= 4 is 17.3 Å². The lowest BCUT2D eigenvalue weighted by Crippen LogP contribution is -2.09. The highest BCUT2D eigenvalue weighted by Crippen LogP contribution is 2.13. The zero-order valence-electron chi connectivity index (χ0n) is 9.98. The lowest BCUT2D eigenvalue weighted by Gasteiger charge is -2.06. The van der Waals surface area contributed by atoms with Gasteiger partial charge in [-0.25, -0.2) is 9.18 Å². The molecule has 2 rings (SSSR count). The molecule has 1 aromatic carbocycles. The zero-order valence-corrected chi connectivity index (χ0v) is 10.8. The first-order chi connectivity index (χ1) is 8.66. The van der Waals surface area contributed by atoms with Gasteiger partial charge in [0.05, 0.1) is 12.2 Å². The summed E-state index contributed by atoms with van der Waals surface area (Å²) in [7, 11) is 0. The Bertz CT molecular complexity index is 535. The summed E-state index contributed by atoms with van der Waals surface area (Å²) in [6.07, 6.45) is 0.712. The van der Waals surface area contributed by atoms with Crippen LogP contribution in [0.4, 0.5) is 4.39 Å². The number of ether oxygens (including phenoxy) is 1.